The van der Waals surface area contributed by atoms with E-state index in [-0.39, 0.29) is 38.0 Å². The van der Waals surface area contributed by atoms with Gasteiger partial charge in [-0.2, -0.15) is 0 Å². The fourth-order valence-corrected chi connectivity index (χ4v) is 5.98. The van der Waals surface area contributed by atoms with Crippen molar-refractivity contribution in [3.05, 3.63) is 83.9 Å². The average Bonchev–Trinajstić information content (AvgIpc) is 3.15. The number of carbonyl (C=O) groups excluding carboxylic acids is 3. The van der Waals surface area contributed by atoms with Crippen LogP contribution in [-0.4, -0.2) is 71.8 Å². The van der Waals surface area contributed by atoms with Crippen LogP contribution in [0.4, 0.5) is 10.5 Å². The van der Waals surface area contributed by atoms with Gasteiger partial charge in [0.15, 0.2) is 0 Å². The van der Waals surface area contributed by atoms with Gasteiger partial charge in [0, 0.05) is 36.2 Å². The van der Waals surface area contributed by atoms with Crippen molar-refractivity contribution in [3.63, 3.8) is 0 Å². The Kier molecular flexibility index (Phi) is 11.4. The fourth-order valence-electron chi connectivity index (χ4n) is 4.90. The summed E-state index contributed by atoms with van der Waals surface area (Å²) < 4.78 is 5.26. The van der Waals surface area contributed by atoms with E-state index in [0.717, 1.165) is 32.8 Å². The molecule has 1 aliphatic rings. The largest absolute Gasteiger partial charge is 0.445 e. The molecule has 1 heterocycles. The maximum absolute atomic E-state index is 13.9. The van der Waals surface area contributed by atoms with Crippen LogP contribution >= 0.6 is 11.8 Å². The SMILES string of the molecule is CNC(=O)OCc1ccccc1-c1ccc(CN2C(=O)[C@H](NC(=O)CC(C)(C)NC[C@H](O)CO)CSc3ccccc32)cc1. The van der Waals surface area contributed by atoms with E-state index in [1.54, 1.807) is 4.90 Å². The summed E-state index contributed by atoms with van der Waals surface area (Å²) in [7, 11) is 1.52. The van der Waals surface area contributed by atoms with Crippen LogP contribution < -0.4 is 20.9 Å². The fraction of sp³-hybridized carbons (Fsp3) is 0.364. The third-order valence-electron chi connectivity index (χ3n) is 7.28. The first-order valence-corrected chi connectivity index (χ1v) is 15.5. The van der Waals surface area contributed by atoms with E-state index in [2.05, 4.69) is 16.0 Å². The number of benzene rings is 3. The number of rotatable bonds is 12. The quantitative estimate of drug-likeness (QED) is 0.208. The zero-order valence-corrected chi connectivity index (χ0v) is 26.0. The van der Waals surface area contributed by atoms with Crippen LogP contribution in [0.1, 0.15) is 31.4 Å². The van der Waals surface area contributed by atoms with Crippen LogP contribution in [-0.2, 0) is 27.5 Å². The van der Waals surface area contributed by atoms with E-state index in [9.17, 15) is 19.5 Å². The number of ether oxygens (including phenoxy) is 1. The lowest BCUT2D eigenvalue weighted by molar-refractivity contribution is -0.128. The second-order valence-corrected chi connectivity index (χ2v) is 12.3. The van der Waals surface area contributed by atoms with E-state index >= 15 is 0 Å². The number of nitrogens with zero attached hydrogens (tertiary/aromatic N) is 1. The Balaban J connectivity index is 1.49. The minimum absolute atomic E-state index is 0.0869. The molecule has 0 saturated carbocycles. The van der Waals surface area contributed by atoms with Gasteiger partial charge in [0.05, 0.1) is 24.9 Å². The summed E-state index contributed by atoms with van der Waals surface area (Å²) in [5, 5.41) is 27.2. The Morgan fingerprint density at radius 3 is 2.50 bits per heavy atom. The highest BCUT2D eigenvalue weighted by molar-refractivity contribution is 7.99. The highest BCUT2D eigenvalue weighted by atomic mass is 32.2. The van der Waals surface area contributed by atoms with Gasteiger partial charge in [-0.3, -0.25) is 9.59 Å². The molecule has 0 bridgehead atoms. The van der Waals surface area contributed by atoms with E-state index in [1.165, 1.54) is 18.8 Å². The van der Waals surface area contributed by atoms with E-state index in [0.29, 0.717) is 12.3 Å². The van der Waals surface area contributed by atoms with Crippen molar-refractivity contribution in [2.75, 3.05) is 30.9 Å². The van der Waals surface area contributed by atoms with E-state index in [4.69, 9.17) is 9.84 Å². The number of hydrogen-bond acceptors (Lipinski definition) is 8. The molecule has 4 rings (SSSR count). The van der Waals surface area contributed by atoms with Gasteiger partial charge in [0.2, 0.25) is 5.91 Å². The van der Waals surface area contributed by atoms with Crippen LogP contribution in [0.3, 0.4) is 0 Å². The van der Waals surface area contributed by atoms with Gasteiger partial charge in [-0.1, -0.05) is 60.7 Å². The van der Waals surface area contributed by atoms with Gasteiger partial charge < -0.3 is 35.8 Å². The number of hydrogen-bond donors (Lipinski definition) is 5. The summed E-state index contributed by atoms with van der Waals surface area (Å²) in [4.78, 5) is 41.3. The van der Waals surface area contributed by atoms with E-state index in [1.807, 2.05) is 86.6 Å². The number of amides is 3. The zero-order valence-electron chi connectivity index (χ0n) is 25.2. The van der Waals surface area contributed by atoms with Crippen molar-refractivity contribution in [1.29, 1.82) is 0 Å². The molecular formula is C33H40N4O6S. The minimum Gasteiger partial charge on any atom is -0.445 e. The Morgan fingerprint density at radius 2 is 1.77 bits per heavy atom. The second kappa shape index (κ2) is 15.2. The predicted molar refractivity (Wildman–Crippen MR) is 171 cm³/mol. The summed E-state index contributed by atoms with van der Waals surface area (Å²) in [6.45, 7) is 3.89. The highest BCUT2D eigenvalue weighted by Gasteiger charge is 2.33. The van der Waals surface area contributed by atoms with Crippen molar-refractivity contribution < 1.29 is 29.3 Å². The molecule has 0 aromatic heterocycles. The van der Waals surface area contributed by atoms with Gasteiger partial charge in [-0.15, -0.1) is 11.8 Å². The van der Waals surface area contributed by atoms with Crippen molar-refractivity contribution in [2.45, 2.75) is 56.0 Å². The smallest absolute Gasteiger partial charge is 0.407 e. The molecule has 1 aliphatic heterocycles. The molecule has 11 heteroatoms. The maximum Gasteiger partial charge on any atom is 0.407 e. The molecule has 0 radical (unpaired) electrons. The van der Waals surface area contributed by atoms with Crippen LogP contribution in [0.2, 0.25) is 0 Å². The summed E-state index contributed by atoms with van der Waals surface area (Å²) in [6.07, 6.45) is -1.33. The Bertz CT molecular complexity index is 1450. The molecule has 234 valence electrons. The molecule has 3 amide bonds. The van der Waals surface area contributed by atoms with Gasteiger partial charge in [-0.25, -0.2) is 4.79 Å². The van der Waals surface area contributed by atoms with E-state index < -0.39 is 23.8 Å². The van der Waals surface area contributed by atoms with Crippen LogP contribution in [0, 0.1) is 0 Å². The molecule has 0 fully saturated rings. The molecule has 3 aromatic rings. The molecule has 0 spiro atoms. The summed E-state index contributed by atoms with van der Waals surface area (Å²) in [5.41, 5.74) is 3.83. The first-order chi connectivity index (χ1) is 21.1. The van der Waals surface area contributed by atoms with Crippen LogP contribution in [0.5, 0.6) is 0 Å². The first-order valence-electron chi connectivity index (χ1n) is 14.5. The summed E-state index contributed by atoms with van der Waals surface area (Å²) >= 11 is 1.53. The predicted octanol–water partition coefficient (Wildman–Crippen LogP) is 3.44. The summed E-state index contributed by atoms with van der Waals surface area (Å²) in [5.74, 6) is -0.0875. The highest BCUT2D eigenvalue weighted by Crippen LogP contribution is 2.35. The van der Waals surface area contributed by atoms with Crippen LogP contribution in [0.25, 0.3) is 11.1 Å². The molecule has 0 unspecified atom stereocenters. The third-order valence-corrected chi connectivity index (χ3v) is 8.43. The lowest BCUT2D eigenvalue weighted by atomic mass is 9.99. The Hall–Kier alpha value is -3.90. The average molecular weight is 621 g/mol. The zero-order chi connectivity index (χ0) is 31.7. The van der Waals surface area contributed by atoms with Crippen molar-refractivity contribution in [1.82, 2.24) is 16.0 Å². The molecule has 5 N–H and O–H groups in total. The number of aliphatic hydroxyl groups is 2. The molecule has 44 heavy (non-hydrogen) atoms. The molecular weight excluding hydrogens is 580 g/mol. The monoisotopic (exact) mass is 620 g/mol. The van der Waals surface area contributed by atoms with Gasteiger partial charge >= 0.3 is 6.09 Å². The molecule has 2 atom stereocenters. The van der Waals surface area contributed by atoms with Crippen molar-refractivity contribution in [3.8, 4) is 11.1 Å². The maximum atomic E-state index is 13.9. The number of anilines is 1. The number of para-hydroxylation sites is 1. The third kappa shape index (κ3) is 8.82. The molecule has 10 nitrogen and oxygen atoms in total. The lowest BCUT2D eigenvalue weighted by Crippen LogP contribution is -2.52. The number of aliphatic hydroxyl groups excluding tert-OH is 2. The van der Waals surface area contributed by atoms with Crippen LogP contribution in [0.15, 0.2) is 77.7 Å². The second-order valence-electron chi connectivity index (χ2n) is 11.3. The number of fused-ring (bicyclic) bond motifs is 1. The Labute approximate surface area is 262 Å². The molecule has 0 saturated heterocycles. The topological polar surface area (TPSA) is 140 Å². The van der Waals surface area contributed by atoms with Gasteiger partial charge in [0.25, 0.3) is 5.91 Å². The van der Waals surface area contributed by atoms with Gasteiger partial charge in [-0.05, 0) is 48.2 Å². The Morgan fingerprint density at radius 1 is 1.07 bits per heavy atom. The van der Waals surface area contributed by atoms with Gasteiger partial charge in [0.1, 0.15) is 12.6 Å². The number of β-amino-alcohol motifs (C(OH)–C–C–N with tert-alkyl or cyclic N) is 1. The molecule has 3 aromatic carbocycles. The summed E-state index contributed by atoms with van der Waals surface area (Å²) in [6, 6.07) is 22.6. The normalized spacial score (nSPS) is 15.6. The van der Waals surface area contributed by atoms with Crippen molar-refractivity contribution >= 4 is 35.4 Å². The van der Waals surface area contributed by atoms with Crippen molar-refractivity contribution in [2.24, 2.45) is 0 Å². The first kappa shape index (κ1) is 33.0. The minimum atomic E-state index is -0.920. The number of alkyl carbamates (subject to hydrolysis) is 1. The number of nitrogens with one attached hydrogen (secondary N) is 3. The molecule has 0 aliphatic carbocycles. The number of thioether (sulfide) groups is 1. The standard InChI is InChI=1S/C33H40N4O6S/c1-33(2,35-17-25(39)19-38)16-30(40)36-27-21-44-29-11-7-6-10-28(29)37(31(27)41)18-22-12-14-23(15-13-22)26-9-5-4-8-24(26)20-43-32(42)34-3/h4-15,25,27,35,38-39H,16-21H2,1-3H3,(H,34,42)(H,36,40)/t25-,27+/m0/s1. The lowest BCUT2D eigenvalue weighted by Gasteiger charge is -2.29. The number of carbonyl (C=O) groups is 3.